The number of benzene rings is 1. The van der Waals surface area contributed by atoms with Gasteiger partial charge in [0.05, 0.1) is 0 Å². The van der Waals surface area contributed by atoms with Gasteiger partial charge in [-0.1, -0.05) is 24.3 Å². The van der Waals surface area contributed by atoms with Gasteiger partial charge in [-0.3, -0.25) is 0 Å². The van der Waals surface area contributed by atoms with E-state index in [-0.39, 0.29) is 0 Å². The summed E-state index contributed by atoms with van der Waals surface area (Å²) >= 11 is 0. The summed E-state index contributed by atoms with van der Waals surface area (Å²) in [6.07, 6.45) is 6.25. The van der Waals surface area contributed by atoms with Gasteiger partial charge < -0.3 is 5.32 Å². The Kier molecular flexibility index (Phi) is 1.50. The summed E-state index contributed by atoms with van der Waals surface area (Å²) < 4.78 is 0. The second kappa shape index (κ2) is 2.58. The van der Waals surface area contributed by atoms with Crippen LogP contribution in [0.3, 0.4) is 0 Å². The van der Waals surface area contributed by atoms with Gasteiger partial charge in [-0.15, -0.1) is 0 Å². The van der Waals surface area contributed by atoms with Crippen molar-refractivity contribution < 1.29 is 0 Å². The lowest BCUT2D eigenvalue weighted by Gasteiger charge is -2.22. The number of fused-ring (bicyclic) bond motifs is 1. The molecule has 1 fully saturated rings. The van der Waals surface area contributed by atoms with Crippen LogP contribution in [0.15, 0.2) is 24.3 Å². The van der Waals surface area contributed by atoms with E-state index < -0.39 is 0 Å². The first-order chi connectivity index (χ1) is 6.38. The topological polar surface area (TPSA) is 12.0 Å². The number of hydrogen-bond acceptors (Lipinski definition) is 1. The second-order valence-electron chi connectivity index (χ2n) is 4.21. The third-order valence-corrected chi connectivity index (χ3v) is 3.27. The van der Waals surface area contributed by atoms with Crippen LogP contribution in [0.1, 0.15) is 24.0 Å². The summed E-state index contributed by atoms with van der Waals surface area (Å²) in [5.74, 6) is 0. The third-order valence-electron chi connectivity index (χ3n) is 3.27. The van der Waals surface area contributed by atoms with Crippen molar-refractivity contribution in [1.82, 2.24) is 5.32 Å². The van der Waals surface area contributed by atoms with Crippen LogP contribution in [0.4, 0.5) is 0 Å². The van der Waals surface area contributed by atoms with E-state index in [2.05, 4.69) is 36.0 Å². The van der Waals surface area contributed by atoms with Crippen molar-refractivity contribution in [2.75, 3.05) is 6.54 Å². The van der Waals surface area contributed by atoms with Gasteiger partial charge in [0, 0.05) is 12.0 Å². The molecule has 0 amide bonds. The molecular formula is C12H14N. The minimum absolute atomic E-state index is 0.323. The Labute approximate surface area is 79.2 Å². The highest BCUT2D eigenvalue weighted by atomic mass is 15.0. The normalized spacial score (nSPS) is 23.7. The van der Waals surface area contributed by atoms with E-state index in [1.165, 1.54) is 36.9 Å². The molecule has 2 aliphatic rings. The van der Waals surface area contributed by atoms with Gasteiger partial charge in [-0.2, -0.15) is 0 Å². The Morgan fingerprint density at radius 1 is 1.23 bits per heavy atom. The van der Waals surface area contributed by atoms with E-state index >= 15 is 0 Å². The molecule has 1 N–H and O–H groups in total. The van der Waals surface area contributed by atoms with Gasteiger partial charge in [0.15, 0.2) is 0 Å². The minimum atomic E-state index is 0.323. The fraction of sp³-hybridized carbons (Fsp3) is 0.417. The van der Waals surface area contributed by atoms with Crippen molar-refractivity contribution >= 4 is 0 Å². The van der Waals surface area contributed by atoms with Crippen LogP contribution in [0.25, 0.3) is 0 Å². The third kappa shape index (κ3) is 1.11. The van der Waals surface area contributed by atoms with Crippen molar-refractivity contribution in [3.8, 4) is 0 Å². The van der Waals surface area contributed by atoms with E-state index in [1.807, 2.05) is 0 Å². The van der Waals surface area contributed by atoms with Crippen LogP contribution in [0, 0.1) is 6.42 Å². The highest BCUT2D eigenvalue weighted by Gasteiger charge is 2.39. The molecule has 3 rings (SSSR count). The predicted molar refractivity (Wildman–Crippen MR) is 53.5 cm³/mol. The second-order valence-corrected chi connectivity index (χ2v) is 4.21. The first kappa shape index (κ1) is 7.57. The highest BCUT2D eigenvalue weighted by Crippen LogP contribution is 2.37. The molecule has 67 valence electrons. The van der Waals surface area contributed by atoms with Crippen LogP contribution < -0.4 is 5.32 Å². The average Bonchev–Trinajstić information content (AvgIpc) is 2.72. The summed E-state index contributed by atoms with van der Waals surface area (Å²) in [4.78, 5) is 0. The largest absolute Gasteiger partial charge is 0.310 e. The lowest BCUT2D eigenvalue weighted by molar-refractivity contribution is 0.462. The lowest BCUT2D eigenvalue weighted by atomic mass is 9.94. The molecule has 1 aromatic rings. The molecule has 1 spiro atoms. The Balaban J connectivity index is 1.96. The van der Waals surface area contributed by atoms with Crippen molar-refractivity contribution in [2.24, 2.45) is 0 Å². The van der Waals surface area contributed by atoms with Gasteiger partial charge in [-0.05, 0) is 36.9 Å². The quantitative estimate of drug-likeness (QED) is 0.630. The van der Waals surface area contributed by atoms with E-state index in [9.17, 15) is 0 Å². The monoisotopic (exact) mass is 172 g/mol. The average molecular weight is 172 g/mol. The maximum absolute atomic E-state index is 3.62. The number of nitrogens with one attached hydrogen (secondary N) is 1. The summed E-state index contributed by atoms with van der Waals surface area (Å²) in [6, 6.07) is 8.74. The smallest absolute Gasteiger partial charge is 0.0297 e. The zero-order chi connectivity index (χ0) is 8.73. The molecule has 1 heterocycles. The molecule has 0 bridgehead atoms. The van der Waals surface area contributed by atoms with Gasteiger partial charge in [0.25, 0.3) is 0 Å². The molecule has 1 atom stereocenters. The molecule has 1 aliphatic heterocycles. The first-order valence-electron chi connectivity index (χ1n) is 5.07. The molecule has 1 unspecified atom stereocenters. The molecule has 0 aromatic heterocycles. The molecule has 1 radical (unpaired) electrons. The van der Waals surface area contributed by atoms with E-state index in [4.69, 9.17) is 0 Å². The number of hydrogen-bond donors (Lipinski definition) is 1. The maximum Gasteiger partial charge on any atom is 0.0297 e. The maximum atomic E-state index is 3.62. The summed E-state index contributed by atoms with van der Waals surface area (Å²) in [5, 5.41) is 3.62. The van der Waals surface area contributed by atoms with Crippen LogP contribution in [-0.4, -0.2) is 12.1 Å². The van der Waals surface area contributed by atoms with Gasteiger partial charge in [-0.25, -0.2) is 0 Å². The minimum Gasteiger partial charge on any atom is -0.310 e. The fourth-order valence-electron chi connectivity index (χ4n) is 2.63. The highest BCUT2D eigenvalue weighted by molar-refractivity contribution is 5.44. The van der Waals surface area contributed by atoms with Crippen LogP contribution in [0.5, 0.6) is 0 Å². The standard InChI is InChI=1S/C12H14N/c1-2-5-11-9-12(6-3-7-13-12)8-10(11)4-1/h1-2,4-5,8,13H,3,6-7,9H2. The van der Waals surface area contributed by atoms with Crippen LogP contribution in [0.2, 0.25) is 0 Å². The Morgan fingerprint density at radius 3 is 2.92 bits per heavy atom. The summed E-state index contributed by atoms with van der Waals surface area (Å²) in [6.45, 7) is 1.19. The van der Waals surface area contributed by atoms with Crippen molar-refractivity contribution in [3.05, 3.63) is 41.8 Å². The van der Waals surface area contributed by atoms with Gasteiger partial charge in [0.1, 0.15) is 0 Å². The van der Waals surface area contributed by atoms with Gasteiger partial charge >= 0.3 is 0 Å². The molecule has 1 aromatic carbocycles. The van der Waals surface area contributed by atoms with E-state index in [1.54, 1.807) is 0 Å². The Morgan fingerprint density at radius 2 is 2.15 bits per heavy atom. The Hall–Kier alpha value is -0.820. The van der Waals surface area contributed by atoms with Crippen molar-refractivity contribution in [1.29, 1.82) is 0 Å². The molecular weight excluding hydrogens is 158 g/mol. The molecule has 1 heteroatoms. The first-order valence-corrected chi connectivity index (χ1v) is 5.07. The molecule has 1 saturated heterocycles. The Bertz CT molecular complexity index is 297. The van der Waals surface area contributed by atoms with E-state index in [0.29, 0.717) is 5.54 Å². The molecule has 13 heavy (non-hydrogen) atoms. The molecule has 0 saturated carbocycles. The predicted octanol–water partition coefficient (Wildman–Crippen LogP) is 1.92. The molecule has 1 aliphatic carbocycles. The van der Waals surface area contributed by atoms with Crippen LogP contribution >= 0.6 is 0 Å². The summed E-state index contributed by atoms with van der Waals surface area (Å²) in [7, 11) is 0. The summed E-state index contributed by atoms with van der Waals surface area (Å²) in [5.41, 5.74) is 3.28. The number of rotatable bonds is 0. The van der Waals surface area contributed by atoms with Gasteiger partial charge in [0.2, 0.25) is 0 Å². The van der Waals surface area contributed by atoms with E-state index in [0.717, 1.165) is 0 Å². The SMILES string of the molecule is [CH]1c2ccccc2CC12CCCN2. The lowest BCUT2D eigenvalue weighted by Crippen LogP contribution is -2.39. The zero-order valence-electron chi connectivity index (χ0n) is 7.72. The zero-order valence-corrected chi connectivity index (χ0v) is 7.72. The molecule has 1 nitrogen and oxygen atoms in total. The van der Waals surface area contributed by atoms with Crippen LogP contribution in [-0.2, 0) is 6.42 Å². The van der Waals surface area contributed by atoms with Crippen molar-refractivity contribution in [2.45, 2.75) is 24.8 Å². The fourth-order valence-corrected chi connectivity index (χ4v) is 2.63. The van der Waals surface area contributed by atoms with Crippen molar-refractivity contribution in [3.63, 3.8) is 0 Å².